The molecule has 0 bridgehead atoms. The van der Waals surface area contributed by atoms with E-state index in [1.165, 1.54) is 6.20 Å². The van der Waals surface area contributed by atoms with Crippen LogP contribution < -0.4 is 0 Å². The van der Waals surface area contributed by atoms with Crippen LogP contribution in [0, 0.1) is 6.92 Å². The van der Waals surface area contributed by atoms with E-state index in [4.69, 9.17) is 0 Å². The Hall–Kier alpha value is -1.77. The van der Waals surface area contributed by atoms with Crippen molar-refractivity contribution in [1.29, 1.82) is 0 Å². The molecule has 3 heteroatoms. The number of hydrogen-bond donors (Lipinski definition) is 2. The molecule has 0 unspecified atom stereocenters. The molecule has 2 aromatic rings. The molecule has 0 amide bonds. The molecule has 0 aliphatic heterocycles. The maximum absolute atomic E-state index is 9.36. The van der Waals surface area contributed by atoms with Gasteiger partial charge in [0.15, 0.2) is 0 Å². The molecule has 0 atom stereocenters. The third-order valence-corrected chi connectivity index (χ3v) is 2.09. The van der Waals surface area contributed by atoms with Crippen LogP contribution >= 0.6 is 0 Å². The number of benzene rings is 1. The number of nitrogens with zero attached hydrogens (tertiary/aromatic N) is 1. The standard InChI is InChI=1S/C10H9NO2/c1-6-8-4-7(12)2-3-9(8)11-5-10(6)13/h2-5,12-13H,1H3. The number of phenolic OH excluding ortho intramolecular Hbond substituents is 1. The average Bonchev–Trinajstić information content (AvgIpc) is 2.12. The Morgan fingerprint density at radius 1 is 1.23 bits per heavy atom. The lowest BCUT2D eigenvalue weighted by Gasteiger charge is -2.03. The van der Waals surface area contributed by atoms with Crippen LogP contribution in [0.5, 0.6) is 11.5 Å². The van der Waals surface area contributed by atoms with Crippen molar-refractivity contribution in [3.05, 3.63) is 30.0 Å². The first-order valence-corrected chi connectivity index (χ1v) is 3.96. The third kappa shape index (κ3) is 1.18. The summed E-state index contributed by atoms with van der Waals surface area (Å²) in [6, 6.07) is 4.89. The number of pyridine rings is 1. The Morgan fingerprint density at radius 3 is 2.77 bits per heavy atom. The molecule has 2 rings (SSSR count). The molecule has 1 heterocycles. The molecule has 13 heavy (non-hydrogen) atoms. The molecule has 3 nitrogen and oxygen atoms in total. The molecule has 0 spiro atoms. The van der Waals surface area contributed by atoms with Gasteiger partial charge in [0.1, 0.15) is 11.5 Å². The molecule has 1 aromatic heterocycles. The van der Waals surface area contributed by atoms with Crippen molar-refractivity contribution in [2.45, 2.75) is 6.92 Å². The SMILES string of the molecule is Cc1c(O)cnc2ccc(O)cc12. The number of aromatic hydroxyl groups is 2. The van der Waals surface area contributed by atoms with Crippen LogP contribution in [0.15, 0.2) is 24.4 Å². The summed E-state index contributed by atoms with van der Waals surface area (Å²) in [6.45, 7) is 1.79. The second kappa shape index (κ2) is 2.62. The largest absolute Gasteiger partial charge is 0.508 e. The molecule has 0 aliphatic rings. The summed E-state index contributed by atoms with van der Waals surface area (Å²) in [5, 5.41) is 19.4. The number of hydrogen-bond acceptors (Lipinski definition) is 3. The topological polar surface area (TPSA) is 53.4 Å². The molecule has 0 fully saturated rings. The first-order chi connectivity index (χ1) is 6.18. The normalized spacial score (nSPS) is 10.5. The van der Waals surface area contributed by atoms with E-state index in [9.17, 15) is 10.2 Å². The van der Waals surface area contributed by atoms with E-state index in [-0.39, 0.29) is 11.5 Å². The molecule has 66 valence electrons. The van der Waals surface area contributed by atoms with E-state index in [2.05, 4.69) is 4.98 Å². The molecule has 0 aliphatic carbocycles. The van der Waals surface area contributed by atoms with Gasteiger partial charge in [-0.1, -0.05) is 0 Å². The molecular formula is C10H9NO2. The molecule has 1 aromatic carbocycles. The van der Waals surface area contributed by atoms with Crippen LogP contribution in [0.3, 0.4) is 0 Å². The quantitative estimate of drug-likeness (QED) is 0.643. The molecule has 0 saturated carbocycles. The number of rotatable bonds is 0. The fourth-order valence-electron chi connectivity index (χ4n) is 1.30. The summed E-state index contributed by atoms with van der Waals surface area (Å²) >= 11 is 0. The maximum atomic E-state index is 9.36. The van der Waals surface area contributed by atoms with E-state index in [1.54, 1.807) is 25.1 Å². The van der Waals surface area contributed by atoms with Crippen molar-refractivity contribution >= 4 is 10.9 Å². The fraction of sp³-hybridized carbons (Fsp3) is 0.100. The predicted octanol–water partition coefficient (Wildman–Crippen LogP) is 1.95. The lowest BCUT2D eigenvalue weighted by Crippen LogP contribution is -1.83. The van der Waals surface area contributed by atoms with Crippen LogP contribution in [-0.4, -0.2) is 15.2 Å². The van der Waals surface area contributed by atoms with Crippen molar-refractivity contribution in [2.24, 2.45) is 0 Å². The van der Waals surface area contributed by atoms with E-state index >= 15 is 0 Å². The lowest BCUT2D eigenvalue weighted by atomic mass is 10.1. The third-order valence-electron chi connectivity index (χ3n) is 2.09. The van der Waals surface area contributed by atoms with Crippen molar-refractivity contribution in [1.82, 2.24) is 4.98 Å². The second-order valence-corrected chi connectivity index (χ2v) is 2.97. The number of aromatic nitrogens is 1. The number of aryl methyl sites for hydroxylation is 1. The second-order valence-electron chi connectivity index (χ2n) is 2.97. The van der Waals surface area contributed by atoms with Gasteiger partial charge in [0.2, 0.25) is 0 Å². The Balaban J connectivity index is 2.89. The first kappa shape index (κ1) is 7.86. The van der Waals surface area contributed by atoms with E-state index < -0.39 is 0 Å². The van der Waals surface area contributed by atoms with Crippen molar-refractivity contribution in [2.75, 3.05) is 0 Å². The zero-order valence-electron chi connectivity index (χ0n) is 7.15. The summed E-state index contributed by atoms with van der Waals surface area (Å²) in [4.78, 5) is 4.02. The molecular weight excluding hydrogens is 166 g/mol. The van der Waals surface area contributed by atoms with Crippen LogP contribution in [-0.2, 0) is 0 Å². The molecule has 0 saturated heterocycles. The highest BCUT2D eigenvalue weighted by Crippen LogP contribution is 2.26. The maximum Gasteiger partial charge on any atom is 0.137 e. The zero-order valence-corrected chi connectivity index (χ0v) is 7.15. The summed E-state index contributed by atoms with van der Waals surface area (Å²) in [7, 11) is 0. The summed E-state index contributed by atoms with van der Waals surface area (Å²) in [6.07, 6.45) is 1.41. The van der Waals surface area contributed by atoms with Gasteiger partial charge in [-0.15, -0.1) is 0 Å². The summed E-state index contributed by atoms with van der Waals surface area (Å²) in [5.74, 6) is 0.334. The van der Waals surface area contributed by atoms with Crippen molar-refractivity contribution in [3.8, 4) is 11.5 Å². The van der Waals surface area contributed by atoms with Gasteiger partial charge in [-0.2, -0.15) is 0 Å². The molecule has 2 N–H and O–H groups in total. The minimum atomic E-state index is 0.151. The highest BCUT2D eigenvalue weighted by molar-refractivity contribution is 5.84. The Morgan fingerprint density at radius 2 is 2.00 bits per heavy atom. The fourth-order valence-corrected chi connectivity index (χ4v) is 1.30. The van der Waals surface area contributed by atoms with Gasteiger partial charge < -0.3 is 10.2 Å². The van der Waals surface area contributed by atoms with Gasteiger partial charge in [-0.25, -0.2) is 0 Å². The van der Waals surface area contributed by atoms with Crippen LogP contribution in [0.1, 0.15) is 5.56 Å². The van der Waals surface area contributed by atoms with Gasteiger partial charge in [0.05, 0.1) is 11.7 Å². The highest BCUT2D eigenvalue weighted by Gasteiger charge is 2.03. The first-order valence-electron chi connectivity index (χ1n) is 3.96. The van der Waals surface area contributed by atoms with Gasteiger partial charge in [-0.05, 0) is 25.1 Å². The van der Waals surface area contributed by atoms with E-state index in [0.717, 1.165) is 16.5 Å². The highest BCUT2D eigenvalue weighted by atomic mass is 16.3. The van der Waals surface area contributed by atoms with Gasteiger partial charge >= 0.3 is 0 Å². The number of phenols is 1. The van der Waals surface area contributed by atoms with Gasteiger partial charge in [0.25, 0.3) is 0 Å². The van der Waals surface area contributed by atoms with E-state index in [0.29, 0.717) is 0 Å². The monoisotopic (exact) mass is 175 g/mol. The minimum Gasteiger partial charge on any atom is -0.508 e. The summed E-state index contributed by atoms with van der Waals surface area (Å²) < 4.78 is 0. The smallest absolute Gasteiger partial charge is 0.137 e. The van der Waals surface area contributed by atoms with Crippen LogP contribution in [0.4, 0.5) is 0 Å². The average molecular weight is 175 g/mol. The zero-order chi connectivity index (χ0) is 9.42. The van der Waals surface area contributed by atoms with Crippen LogP contribution in [0.2, 0.25) is 0 Å². The van der Waals surface area contributed by atoms with Gasteiger partial charge in [-0.3, -0.25) is 4.98 Å². The van der Waals surface area contributed by atoms with Crippen LogP contribution in [0.25, 0.3) is 10.9 Å². The lowest BCUT2D eigenvalue weighted by molar-refractivity contribution is 0.469. The van der Waals surface area contributed by atoms with Gasteiger partial charge in [0, 0.05) is 10.9 Å². The predicted molar refractivity (Wildman–Crippen MR) is 49.8 cm³/mol. The summed E-state index contributed by atoms with van der Waals surface area (Å²) in [5.41, 5.74) is 1.51. The molecule has 0 radical (unpaired) electrons. The Kier molecular flexibility index (Phi) is 1.59. The minimum absolute atomic E-state index is 0.151. The Labute approximate surface area is 75.3 Å². The van der Waals surface area contributed by atoms with Crippen molar-refractivity contribution < 1.29 is 10.2 Å². The van der Waals surface area contributed by atoms with Crippen molar-refractivity contribution in [3.63, 3.8) is 0 Å². The number of fused-ring (bicyclic) bond motifs is 1. The Bertz CT molecular complexity index is 460. The van der Waals surface area contributed by atoms with E-state index in [1.807, 2.05) is 0 Å².